The summed E-state index contributed by atoms with van der Waals surface area (Å²) >= 11 is 0. The van der Waals surface area contributed by atoms with Crippen molar-refractivity contribution in [2.75, 3.05) is 38.1 Å². The molecule has 1 saturated heterocycles. The van der Waals surface area contributed by atoms with E-state index in [0.717, 1.165) is 32.0 Å². The Balaban J connectivity index is 1.90. The minimum absolute atomic E-state index is 0.0167. The summed E-state index contributed by atoms with van der Waals surface area (Å²) < 4.78 is 1.49. The molecule has 0 atom stereocenters. The number of hydrogen-bond donors (Lipinski definition) is 1. The van der Waals surface area contributed by atoms with Crippen LogP contribution >= 0.6 is 0 Å². The first-order valence-corrected chi connectivity index (χ1v) is 6.17. The highest BCUT2D eigenvalue weighted by Crippen LogP contribution is 2.15. The van der Waals surface area contributed by atoms with Crippen molar-refractivity contribution in [1.82, 2.24) is 19.5 Å². The smallest absolute Gasteiger partial charge is 0.356 e. The summed E-state index contributed by atoms with van der Waals surface area (Å²) in [6, 6.07) is 3.36. The lowest BCUT2D eigenvalue weighted by atomic mass is 10.3. The molecular formula is C12H15N5O2. The van der Waals surface area contributed by atoms with Gasteiger partial charge in [-0.05, 0) is 13.1 Å². The van der Waals surface area contributed by atoms with Crippen molar-refractivity contribution >= 4 is 17.4 Å². The Morgan fingerprint density at radius 1 is 1.32 bits per heavy atom. The number of hydrogen-bond acceptors (Lipinski definition) is 5. The Bertz CT molecular complexity index is 616. The van der Waals surface area contributed by atoms with Gasteiger partial charge in [-0.25, -0.2) is 14.3 Å². The van der Waals surface area contributed by atoms with Gasteiger partial charge in [0.1, 0.15) is 5.82 Å². The van der Waals surface area contributed by atoms with Gasteiger partial charge in [0.15, 0.2) is 11.3 Å². The maximum absolute atomic E-state index is 10.9. The van der Waals surface area contributed by atoms with Crippen molar-refractivity contribution in [1.29, 1.82) is 0 Å². The van der Waals surface area contributed by atoms with Crippen LogP contribution in [0.3, 0.4) is 0 Å². The first-order chi connectivity index (χ1) is 9.13. The second-order valence-electron chi connectivity index (χ2n) is 4.71. The molecule has 100 valence electrons. The average molecular weight is 261 g/mol. The third kappa shape index (κ3) is 2.24. The molecule has 1 fully saturated rings. The maximum atomic E-state index is 10.9. The van der Waals surface area contributed by atoms with Crippen molar-refractivity contribution in [3.8, 4) is 0 Å². The van der Waals surface area contributed by atoms with E-state index in [9.17, 15) is 4.79 Å². The molecule has 2 aromatic heterocycles. The second kappa shape index (κ2) is 4.51. The largest absolute Gasteiger partial charge is 0.476 e. The Hall–Kier alpha value is -2.15. The van der Waals surface area contributed by atoms with Crippen molar-refractivity contribution in [2.24, 2.45) is 0 Å². The van der Waals surface area contributed by atoms with Crippen molar-refractivity contribution in [3.63, 3.8) is 0 Å². The number of likely N-dealkylation sites (N-methyl/N-ethyl adjacent to an activating group) is 1. The highest BCUT2D eigenvalue weighted by atomic mass is 16.4. The molecule has 1 aliphatic rings. The van der Waals surface area contributed by atoms with Gasteiger partial charge in [-0.15, -0.1) is 0 Å². The average Bonchev–Trinajstić information content (AvgIpc) is 2.82. The van der Waals surface area contributed by atoms with E-state index in [1.807, 2.05) is 6.07 Å². The van der Waals surface area contributed by atoms with Crippen molar-refractivity contribution in [2.45, 2.75) is 0 Å². The first kappa shape index (κ1) is 11.9. The van der Waals surface area contributed by atoms with Gasteiger partial charge in [0.05, 0.1) is 0 Å². The molecule has 7 heteroatoms. The highest BCUT2D eigenvalue weighted by Gasteiger charge is 2.16. The van der Waals surface area contributed by atoms with E-state index < -0.39 is 5.97 Å². The molecule has 0 bridgehead atoms. The molecule has 1 N–H and O–H groups in total. The number of carbonyl (C=O) groups is 1. The first-order valence-electron chi connectivity index (χ1n) is 6.17. The van der Waals surface area contributed by atoms with Crippen LogP contribution in [-0.4, -0.2) is 63.8 Å². The third-order valence-corrected chi connectivity index (χ3v) is 3.36. The molecule has 0 radical (unpaired) electrons. The zero-order chi connectivity index (χ0) is 13.4. The molecule has 19 heavy (non-hydrogen) atoms. The maximum Gasteiger partial charge on any atom is 0.356 e. The number of rotatable bonds is 2. The molecule has 0 aliphatic carbocycles. The fourth-order valence-corrected chi connectivity index (χ4v) is 2.19. The molecule has 3 heterocycles. The summed E-state index contributed by atoms with van der Waals surface area (Å²) in [4.78, 5) is 19.8. The van der Waals surface area contributed by atoms with Gasteiger partial charge in [-0.1, -0.05) is 0 Å². The lowest BCUT2D eigenvalue weighted by molar-refractivity contribution is 0.0690. The Morgan fingerprint density at radius 2 is 2.05 bits per heavy atom. The van der Waals surface area contributed by atoms with E-state index in [2.05, 4.69) is 26.9 Å². The normalized spacial score (nSPS) is 17.0. The van der Waals surface area contributed by atoms with E-state index in [1.165, 1.54) is 10.6 Å². The van der Waals surface area contributed by atoms with Crippen LogP contribution in [0.25, 0.3) is 5.65 Å². The number of aromatic nitrogens is 3. The van der Waals surface area contributed by atoms with Crippen molar-refractivity contribution < 1.29 is 9.90 Å². The summed E-state index contributed by atoms with van der Waals surface area (Å²) in [6.45, 7) is 3.87. The van der Waals surface area contributed by atoms with E-state index in [4.69, 9.17) is 5.11 Å². The molecule has 0 aromatic carbocycles. The summed E-state index contributed by atoms with van der Waals surface area (Å²) in [5, 5.41) is 12.9. The number of fused-ring (bicyclic) bond motifs is 1. The van der Waals surface area contributed by atoms with Crippen LogP contribution < -0.4 is 4.90 Å². The Labute approximate surface area is 110 Å². The molecule has 0 amide bonds. The number of anilines is 1. The lowest BCUT2D eigenvalue weighted by Gasteiger charge is -2.33. The number of carboxylic acids is 1. The summed E-state index contributed by atoms with van der Waals surface area (Å²) in [5.41, 5.74) is 0.580. The molecule has 0 unspecified atom stereocenters. The van der Waals surface area contributed by atoms with Gasteiger partial charge < -0.3 is 14.9 Å². The zero-order valence-electron chi connectivity index (χ0n) is 10.7. The van der Waals surface area contributed by atoms with Crippen LogP contribution in [0, 0.1) is 0 Å². The fourth-order valence-electron chi connectivity index (χ4n) is 2.19. The van der Waals surface area contributed by atoms with Gasteiger partial charge in [0.25, 0.3) is 0 Å². The Kier molecular flexibility index (Phi) is 2.83. The SMILES string of the molecule is CN1CCN(c2ccn3nc(C(=O)O)cc3n2)CC1. The lowest BCUT2D eigenvalue weighted by Crippen LogP contribution is -2.44. The van der Waals surface area contributed by atoms with E-state index in [0.29, 0.717) is 5.65 Å². The van der Waals surface area contributed by atoms with Crippen LogP contribution in [0.4, 0.5) is 5.82 Å². The minimum Gasteiger partial charge on any atom is -0.476 e. The van der Waals surface area contributed by atoms with Gasteiger partial charge in [0, 0.05) is 38.4 Å². The van der Waals surface area contributed by atoms with Crippen LogP contribution in [0.2, 0.25) is 0 Å². The third-order valence-electron chi connectivity index (χ3n) is 3.36. The molecule has 1 aliphatic heterocycles. The van der Waals surface area contributed by atoms with Crippen LogP contribution in [-0.2, 0) is 0 Å². The molecular weight excluding hydrogens is 246 g/mol. The predicted molar refractivity (Wildman–Crippen MR) is 69.7 cm³/mol. The van der Waals surface area contributed by atoms with Gasteiger partial charge in [-0.2, -0.15) is 5.10 Å². The zero-order valence-corrected chi connectivity index (χ0v) is 10.7. The quantitative estimate of drug-likeness (QED) is 0.831. The fraction of sp³-hybridized carbons (Fsp3) is 0.417. The van der Waals surface area contributed by atoms with Gasteiger partial charge in [-0.3, -0.25) is 0 Å². The Morgan fingerprint density at radius 3 is 2.74 bits per heavy atom. The van der Waals surface area contributed by atoms with Gasteiger partial charge >= 0.3 is 5.97 Å². The van der Waals surface area contributed by atoms with Crippen LogP contribution in [0.1, 0.15) is 10.5 Å². The number of carboxylic acid groups (broad SMARTS) is 1. The van der Waals surface area contributed by atoms with Crippen LogP contribution in [0.5, 0.6) is 0 Å². The molecule has 7 nitrogen and oxygen atoms in total. The second-order valence-corrected chi connectivity index (χ2v) is 4.71. The minimum atomic E-state index is -1.04. The van der Waals surface area contributed by atoms with E-state index in [1.54, 1.807) is 6.20 Å². The van der Waals surface area contributed by atoms with E-state index in [-0.39, 0.29) is 5.69 Å². The number of piperazine rings is 1. The highest BCUT2D eigenvalue weighted by molar-refractivity contribution is 5.86. The summed E-state index contributed by atoms with van der Waals surface area (Å²) in [7, 11) is 2.10. The molecule has 3 rings (SSSR count). The summed E-state index contributed by atoms with van der Waals surface area (Å²) in [6.07, 6.45) is 1.75. The molecule has 0 saturated carbocycles. The van der Waals surface area contributed by atoms with Crippen molar-refractivity contribution in [3.05, 3.63) is 24.0 Å². The van der Waals surface area contributed by atoms with Crippen LogP contribution in [0.15, 0.2) is 18.3 Å². The number of aromatic carboxylic acids is 1. The molecule has 2 aromatic rings. The summed E-state index contributed by atoms with van der Waals surface area (Å²) in [5.74, 6) is -0.163. The molecule has 0 spiro atoms. The van der Waals surface area contributed by atoms with E-state index >= 15 is 0 Å². The monoisotopic (exact) mass is 261 g/mol. The standard InChI is InChI=1S/C12H15N5O2/c1-15-4-6-16(7-5-15)10-2-3-17-11(13-10)8-9(14-17)12(18)19/h2-3,8H,4-7H2,1H3,(H,18,19). The predicted octanol–water partition coefficient (Wildman–Crippen LogP) is 0.179. The topological polar surface area (TPSA) is 74.0 Å². The number of nitrogens with zero attached hydrogens (tertiary/aromatic N) is 5. The van der Waals surface area contributed by atoms with Gasteiger partial charge in [0.2, 0.25) is 0 Å².